The fourth-order valence-corrected chi connectivity index (χ4v) is 2.38. The Morgan fingerprint density at radius 2 is 0.800 bits per heavy atom. The van der Waals surface area contributed by atoms with Crippen LogP contribution < -0.4 is 0 Å². The maximum atomic E-state index is 2.40. The van der Waals surface area contributed by atoms with E-state index in [0.29, 0.717) is 0 Å². The maximum Gasteiger partial charge on any atom is -0.0351 e. The summed E-state index contributed by atoms with van der Waals surface area (Å²) in [7, 11) is 0. The second kappa shape index (κ2) is 18.5. The predicted molar refractivity (Wildman–Crippen MR) is 94.3 cm³/mol. The molecule has 0 radical (unpaired) electrons. The fraction of sp³-hybridized carbons (Fsp3) is 0.800. The predicted octanol–water partition coefficient (Wildman–Crippen LogP) is 7.60. The van der Waals surface area contributed by atoms with Gasteiger partial charge in [0.15, 0.2) is 0 Å². The van der Waals surface area contributed by atoms with E-state index in [1.165, 1.54) is 89.9 Å². The van der Waals surface area contributed by atoms with Gasteiger partial charge in [0.1, 0.15) is 0 Å². The van der Waals surface area contributed by atoms with Crippen molar-refractivity contribution in [3.05, 3.63) is 24.3 Å². The van der Waals surface area contributed by atoms with Crippen LogP contribution in [0.15, 0.2) is 24.3 Å². The standard InChI is InChI=1S/C20H38/c1-3-5-7-9-11-13-15-17-19-20-18-16-14-12-10-8-6-4-2/h7,9,18,20H,3-6,8,10-17,19H2,1-2H3. The van der Waals surface area contributed by atoms with Crippen molar-refractivity contribution in [1.82, 2.24) is 0 Å². The molecule has 118 valence electrons. The van der Waals surface area contributed by atoms with E-state index in [9.17, 15) is 0 Å². The summed E-state index contributed by atoms with van der Waals surface area (Å²) in [6.45, 7) is 4.52. The molecule has 0 spiro atoms. The van der Waals surface area contributed by atoms with Crippen molar-refractivity contribution in [3.63, 3.8) is 0 Å². The normalized spacial score (nSPS) is 11.9. The lowest BCUT2D eigenvalue weighted by Crippen LogP contribution is -1.78. The van der Waals surface area contributed by atoms with Gasteiger partial charge < -0.3 is 0 Å². The first kappa shape index (κ1) is 19.5. The molecule has 0 amide bonds. The molecule has 0 aliphatic carbocycles. The number of hydrogen-bond donors (Lipinski definition) is 0. The lowest BCUT2D eigenvalue weighted by atomic mass is 10.1. The molecule has 0 aliphatic heterocycles. The molecule has 0 saturated carbocycles. The van der Waals surface area contributed by atoms with Crippen LogP contribution >= 0.6 is 0 Å². The summed E-state index contributed by atoms with van der Waals surface area (Å²) in [6, 6.07) is 0. The van der Waals surface area contributed by atoms with E-state index in [1.54, 1.807) is 0 Å². The SMILES string of the molecule is CCCC=CCCCCCC=CCCCCCCCC. The monoisotopic (exact) mass is 278 g/mol. The van der Waals surface area contributed by atoms with Crippen molar-refractivity contribution in [2.45, 2.75) is 104 Å². The number of rotatable bonds is 15. The van der Waals surface area contributed by atoms with Crippen LogP contribution in [0, 0.1) is 0 Å². The van der Waals surface area contributed by atoms with Gasteiger partial charge in [-0.3, -0.25) is 0 Å². The van der Waals surface area contributed by atoms with E-state index in [0.717, 1.165) is 0 Å². The molecule has 0 aromatic heterocycles. The third-order valence-corrected chi connectivity index (χ3v) is 3.75. The van der Waals surface area contributed by atoms with Gasteiger partial charge in [-0.05, 0) is 44.9 Å². The van der Waals surface area contributed by atoms with Crippen LogP contribution in [0.4, 0.5) is 0 Å². The molecule has 0 saturated heterocycles. The highest BCUT2D eigenvalue weighted by molar-refractivity contribution is 4.82. The van der Waals surface area contributed by atoms with Crippen LogP contribution in [0.2, 0.25) is 0 Å². The Bertz CT molecular complexity index is 212. The van der Waals surface area contributed by atoms with Crippen LogP contribution in [-0.2, 0) is 0 Å². The molecule has 0 nitrogen and oxygen atoms in total. The summed E-state index contributed by atoms with van der Waals surface area (Å²) in [5.41, 5.74) is 0. The molecule has 0 heterocycles. The molecule has 0 atom stereocenters. The zero-order chi connectivity index (χ0) is 14.7. The molecule has 0 N–H and O–H groups in total. The first-order valence-corrected chi connectivity index (χ1v) is 9.21. The van der Waals surface area contributed by atoms with Crippen molar-refractivity contribution >= 4 is 0 Å². The number of allylic oxidation sites excluding steroid dienone is 4. The zero-order valence-electron chi connectivity index (χ0n) is 14.2. The van der Waals surface area contributed by atoms with Crippen LogP contribution in [-0.4, -0.2) is 0 Å². The van der Waals surface area contributed by atoms with Crippen molar-refractivity contribution < 1.29 is 0 Å². The lowest BCUT2D eigenvalue weighted by Gasteiger charge is -1.98. The first-order valence-electron chi connectivity index (χ1n) is 9.21. The Hall–Kier alpha value is -0.520. The van der Waals surface area contributed by atoms with Gasteiger partial charge in [-0.1, -0.05) is 83.1 Å². The van der Waals surface area contributed by atoms with Gasteiger partial charge in [-0.15, -0.1) is 0 Å². The Labute approximate surface area is 128 Å². The summed E-state index contributed by atoms with van der Waals surface area (Å²) in [4.78, 5) is 0. The van der Waals surface area contributed by atoms with Crippen molar-refractivity contribution in [2.24, 2.45) is 0 Å². The maximum absolute atomic E-state index is 2.40. The van der Waals surface area contributed by atoms with Crippen LogP contribution in [0.25, 0.3) is 0 Å². The van der Waals surface area contributed by atoms with Crippen LogP contribution in [0.1, 0.15) is 104 Å². The molecule has 0 aromatic carbocycles. The molecule has 0 bridgehead atoms. The molecule has 0 unspecified atom stereocenters. The second-order valence-corrected chi connectivity index (χ2v) is 5.93. The van der Waals surface area contributed by atoms with Gasteiger partial charge in [0.05, 0.1) is 0 Å². The van der Waals surface area contributed by atoms with E-state index in [4.69, 9.17) is 0 Å². The van der Waals surface area contributed by atoms with Gasteiger partial charge in [0, 0.05) is 0 Å². The molecule has 0 fully saturated rings. The van der Waals surface area contributed by atoms with Crippen LogP contribution in [0.5, 0.6) is 0 Å². The number of hydrogen-bond acceptors (Lipinski definition) is 0. The molecule has 0 rings (SSSR count). The van der Waals surface area contributed by atoms with Gasteiger partial charge in [0.2, 0.25) is 0 Å². The average molecular weight is 279 g/mol. The van der Waals surface area contributed by atoms with Crippen molar-refractivity contribution in [3.8, 4) is 0 Å². The number of unbranched alkanes of at least 4 members (excludes halogenated alkanes) is 11. The Kier molecular flexibility index (Phi) is 18.0. The smallest absolute Gasteiger partial charge is 0.0351 e. The van der Waals surface area contributed by atoms with Crippen LogP contribution in [0.3, 0.4) is 0 Å². The molecular weight excluding hydrogens is 240 g/mol. The second-order valence-electron chi connectivity index (χ2n) is 5.93. The summed E-state index contributed by atoms with van der Waals surface area (Å²) in [5, 5.41) is 0. The van der Waals surface area contributed by atoms with Crippen molar-refractivity contribution in [2.75, 3.05) is 0 Å². The van der Waals surface area contributed by atoms with Gasteiger partial charge >= 0.3 is 0 Å². The Morgan fingerprint density at radius 1 is 0.400 bits per heavy atom. The molecule has 0 aromatic rings. The summed E-state index contributed by atoms with van der Waals surface area (Å²) < 4.78 is 0. The Balaban J connectivity index is 3.08. The van der Waals surface area contributed by atoms with Gasteiger partial charge in [0.25, 0.3) is 0 Å². The van der Waals surface area contributed by atoms with Crippen molar-refractivity contribution in [1.29, 1.82) is 0 Å². The molecular formula is C20H38. The first-order chi connectivity index (χ1) is 9.91. The minimum atomic E-state index is 1.25. The quantitative estimate of drug-likeness (QED) is 0.214. The van der Waals surface area contributed by atoms with E-state index >= 15 is 0 Å². The summed E-state index contributed by atoms with van der Waals surface area (Å²) in [6.07, 6.45) is 28.5. The average Bonchev–Trinajstić information content (AvgIpc) is 2.47. The highest BCUT2D eigenvalue weighted by Crippen LogP contribution is 2.08. The molecule has 20 heavy (non-hydrogen) atoms. The Morgan fingerprint density at radius 3 is 1.30 bits per heavy atom. The van der Waals surface area contributed by atoms with Gasteiger partial charge in [-0.25, -0.2) is 0 Å². The third kappa shape index (κ3) is 17.5. The van der Waals surface area contributed by atoms with Gasteiger partial charge in [-0.2, -0.15) is 0 Å². The van der Waals surface area contributed by atoms with E-state index in [1.807, 2.05) is 0 Å². The molecule has 0 heteroatoms. The lowest BCUT2D eigenvalue weighted by molar-refractivity contribution is 0.610. The summed E-state index contributed by atoms with van der Waals surface area (Å²) >= 11 is 0. The summed E-state index contributed by atoms with van der Waals surface area (Å²) in [5.74, 6) is 0. The van der Waals surface area contributed by atoms with E-state index in [2.05, 4.69) is 38.2 Å². The topological polar surface area (TPSA) is 0 Å². The highest BCUT2D eigenvalue weighted by atomic mass is 13.9. The van der Waals surface area contributed by atoms with E-state index < -0.39 is 0 Å². The molecule has 0 aliphatic rings. The minimum absolute atomic E-state index is 1.25. The third-order valence-electron chi connectivity index (χ3n) is 3.75. The largest absolute Gasteiger partial charge is 0.0885 e. The minimum Gasteiger partial charge on any atom is -0.0885 e. The van der Waals surface area contributed by atoms with E-state index in [-0.39, 0.29) is 0 Å². The fourth-order valence-electron chi connectivity index (χ4n) is 2.38. The highest BCUT2D eigenvalue weighted by Gasteiger charge is 1.89. The zero-order valence-corrected chi connectivity index (χ0v) is 14.2.